The Labute approximate surface area is 235 Å². The van der Waals surface area contributed by atoms with Gasteiger partial charge in [-0.3, -0.25) is 9.59 Å². The summed E-state index contributed by atoms with van der Waals surface area (Å²) in [5, 5.41) is 27.4. The first-order valence-electron chi connectivity index (χ1n) is 12.8. The van der Waals surface area contributed by atoms with Gasteiger partial charge in [0, 0.05) is 29.8 Å². The molecule has 0 spiro atoms. The lowest BCUT2D eigenvalue weighted by atomic mass is 9.97. The first-order chi connectivity index (χ1) is 18.6. The van der Waals surface area contributed by atoms with E-state index in [-0.39, 0.29) is 38.9 Å². The average Bonchev–Trinajstić information content (AvgIpc) is 2.94. The monoisotopic (exact) mass is 549 g/mol. The number of rotatable bonds is 15. The predicted molar refractivity (Wildman–Crippen MR) is 150 cm³/mol. The lowest BCUT2D eigenvalue weighted by Crippen LogP contribution is -2.25. The summed E-state index contributed by atoms with van der Waals surface area (Å²) in [5.41, 5.74) is 5.86. The smallest absolute Gasteiger partial charge is 0.305 e. The number of hydrogen-bond donors (Lipinski definition) is 2. The number of carbonyl (C=O) groups is 2. The van der Waals surface area contributed by atoms with E-state index in [9.17, 15) is 20.1 Å². The second kappa shape index (κ2) is 15.5. The van der Waals surface area contributed by atoms with Gasteiger partial charge in [-0.1, -0.05) is 24.3 Å². The number of ether oxygens (including phenoxy) is 2. The highest BCUT2D eigenvalue weighted by atomic mass is 32.1. The number of thiol groups is 1. The molecule has 0 aliphatic heterocycles. The number of azo groups is 1. The van der Waals surface area contributed by atoms with E-state index in [2.05, 4.69) is 35.0 Å². The van der Waals surface area contributed by atoms with Gasteiger partial charge in [0.2, 0.25) is 0 Å². The molecule has 2 atom stereocenters. The Morgan fingerprint density at radius 3 is 1.79 bits per heavy atom. The fraction of sp³-hybridized carbons (Fsp3) is 0.448. The zero-order valence-electron chi connectivity index (χ0n) is 22.4. The number of nitrogens with zero attached hydrogens (tertiary/aromatic N) is 4. The first kappa shape index (κ1) is 31.3. The first-order valence-corrected chi connectivity index (χ1v) is 13.2. The number of nitriles is 2. The molecule has 2 rings (SSSR count). The maximum atomic E-state index is 12.2. The molecule has 206 valence electrons. The molecule has 9 nitrogen and oxygen atoms in total. The summed E-state index contributed by atoms with van der Waals surface area (Å²) in [6.07, 6.45) is 2.11. The van der Waals surface area contributed by atoms with Crippen molar-refractivity contribution >= 4 is 30.3 Å². The Morgan fingerprint density at radius 1 is 0.821 bits per heavy atom. The van der Waals surface area contributed by atoms with Crippen molar-refractivity contribution in [3.63, 3.8) is 0 Å². The normalized spacial score (nSPS) is 14.0. The number of carbonyl (C=O) groups excluding carboxylic acids is 2. The third kappa shape index (κ3) is 12.0. The third-order valence-corrected chi connectivity index (χ3v) is 6.35. The third-order valence-electron chi connectivity index (χ3n) is 6.05. The highest BCUT2D eigenvalue weighted by Gasteiger charge is 2.30. The molecule has 0 aliphatic carbocycles. The van der Waals surface area contributed by atoms with E-state index in [1.807, 2.05) is 48.5 Å². The van der Waals surface area contributed by atoms with Crippen LogP contribution in [0.15, 0.2) is 63.7 Å². The highest BCUT2D eigenvalue weighted by Crippen LogP contribution is 2.24. The molecule has 0 fully saturated rings. The quantitative estimate of drug-likeness (QED) is 0.0992. The van der Waals surface area contributed by atoms with Gasteiger partial charge in [-0.2, -0.15) is 20.8 Å². The van der Waals surface area contributed by atoms with Crippen LogP contribution in [0.3, 0.4) is 0 Å². The summed E-state index contributed by atoms with van der Waals surface area (Å²) < 4.78 is 10.5. The lowest BCUT2D eigenvalue weighted by molar-refractivity contribution is -0.144. The van der Waals surface area contributed by atoms with Crippen molar-refractivity contribution in [1.82, 2.24) is 0 Å². The van der Waals surface area contributed by atoms with Gasteiger partial charge in [-0.15, -0.1) is 12.6 Å². The van der Waals surface area contributed by atoms with Crippen LogP contribution in [0.1, 0.15) is 57.1 Å². The van der Waals surface area contributed by atoms with Gasteiger partial charge in [-0.25, -0.2) is 0 Å². The molecular formula is C29H35N5O4S. The number of benzene rings is 2. The average molecular weight is 550 g/mol. The number of hydrogen-bond acceptors (Lipinski definition) is 10. The molecule has 2 N–H and O–H groups in total. The molecule has 0 heterocycles. The molecule has 10 heteroatoms. The number of anilines is 1. The molecule has 0 bridgehead atoms. The standard InChI is InChI=1S/C29H35N5O4S/c1-28(20-30,16-13-26(35)37-18-3-4-22-5-9-24(32)10-6-22)33-34-29(2,21-31)17-14-27(36)38-19-15-23-7-11-25(39)12-8-23/h5-12,39H,3-4,13-19,32H2,1-2H3. The molecule has 2 aromatic carbocycles. The fourth-order valence-electron chi connectivity index (χ4n) is 3.40. The Morgan fingerprint density at radius 2 is 1.28 bits per heavy atom. The van der Waals surface area contributed by atoms with Crippen molar-refractivity contribution in [2.75, 3.05) is 18.9 Å². The van der Waals surface area contributed by atoms with Crippen LogP contribution in [0.25, 0.3) is 0 Å². The minimum absolute atomic E-state index is 0.0166. The van der Waals surface area contributed by atoms with Crippen molar-refractivity contribution in [2.24, 2.45) is 10.2 Å². The maximum Gasteiger partial charge on any atom is 0.305 e. The van der Waals surface area contributed by atoms with E-state index in [1.165, 1.54) is 13.8 Å². The topological polar surface area (TPSA) is 151 Å². The molecule has 2 unspecified atom stereocenters. The Hall–Kier alpha value is -3.89. The van der Waals surface area contributed by atoms with Crippen LogP contribution in [0.4, 0.5) is 5.69 Å². The van der Waals surface area contributed by atoms with Crippen LogP contribution in [-0.4, -0.2) is 36.2 Å². The Kier molecular flexibility index (Phi) is 12.5. The summed E-state index contributed by atoms with van der Waals surface area (Å²) >= 11 is 4.24. The van der Waals surface area contributed by atoms with Crippen molar-refractivity contribution in [2.45, 2.75) is 74.8 Å². The van der Waals surface area contributed by atoms with Gasteiger partial charge in [0.05, 0.1) is 25.4 Å². The maximum absolute atomic E-state index is 12.2. The summed E-state index contributed by atoms with van der Waals surface area (Å²) in [6.45, 7) is 3.56. The zero-order chi connectivity index (χ0) is 28.7. The van der Waals surface area contributed by atoms with Crippen molar-refractivity contribution in [3.8, 4) is 12.1 Å². The summed E-state index contributed by atoms with van der Waals surface area (Å²) in [7, 11) is 0. The van der Waals surface area contributed by atoms with Crippen molar-refractivity contribution in [1.29, 1.82) is 10.5 Å². The molecule has 0 amide bonds. The molecule has 0 saturated heterocycles. The van der Waals surface area contributed by atoms with Crippen molar-refractivity contribution < 1.29 is 19.1 Å². The summed E-state index contributed by atoms with van der Waals surface area (Å²) in [5.74, 6) is -0.879. The van der Waals surface area contributed by atoms with Crippen LogP contribution in [0, 0.1) is 22.7 Å². The fourth-order valence-corrected chi connectivity index (χ4v) is 3.55. The van der Waals surface area contributed by atoms with Crippen LogP contribution < -0.4 is 5.73 Å². The van der Waals surface area contributed by atoms with Gasteiger partial charge in [0.25, 0.3) is 0 Å². The van der Waals surface area contributed by atoms with E-state index in [1.54, 1.807) is 0 Å². The number of nitrogens with two attached hydrogens (primary N) is 1. The Bertz CT molecular complexity index is 1200. The van der Waals surface area contributed by atoms with Gasteiger partial charge in [0.1, 0.15) is 0 Å². The number of nitrogen functional groups attached to an aromatic ring is 1. The molecular weight excluding hydrogens is 514 g/mol. The second-order valence-electron chi connectivity index (χ2n) is 9.67. The van der Waals surface area contributed by atoms with Gasteiger partial charge in [0.15, 0.2) is 11.1 Å². The Balaban J connectivity index is 1.74. The van der Waals surface area contributed by atoms with Crippen LogP contribution >= 0.6 is 12.6 Å². The summed E-state index contributed by atoms with van der Waals surface area (Å²) in [4.78, 5) is 25.2. The van der Waals surface area contributed by atoms with E-state index in [4.69, 9.17) is 15.2 Å². The number of aryl methyl sites for hydroxylation is 1. The van der Waals surface area contributed by atoms with E-state index in [0.29, 0.717) is 18.5 Å². The van der Waals surface area contributed by atoms with Crippen LogP contribution in [0.5, 0.6) is 0 Å². The van der Waals surface area contributed by atoms with E-state index < -0.39 is 23.0 Å². The van der Waals surface area contributed by atoms with Crippen molar-refractivity contribution in [3.05, 3.63) is 59.7 Å². The molecule has 0 radical (unpaired) electrons. The zero-order valence-corrected chi connectivity index (χ0v) is 23.3. The molecule has 0 saturated carbocycles. The largest absolute Gasteiger partial charge is 0.466 e. The van der Waals surface area contributed by atoms with Crippen LogP contribution in [0.2, 0.25) is 0 Å². The second-order valence-corrected chi connectivity index (χ2v) is 10.2. The SMILES string of the molecule is CC(C#N)(CCC(=O)OCCCc1ccc(N)cc1)N=NC(C)(C#N)CCC(=O)OCCc1ccc(S)cc1. The molecule has 2 aromatic rings. The summed E-state index contributed by atoms with van der Waals surface area (Å²) in [6, 6.07) is 19.2. The predicted octanol–water partition coefficient (Wildman–Crippen LogP) is 5.40. The van der Waals surface area contributed by atoms with Crippen LogP contribution in [-0.2, 0) is 31.9 Å². The lowest BCUT2D eigenvalue weighted by Gasteiger charge is -2.19. The minimum atomic E-state index is -1.32. The minimum Gasteiger partial charge on any atom is -0.466 e. The molecule has 0 aromatic heterocycles. The van der Waals surface area contributed by atoms with Gasteiger partial charge < -0.3 is 15.2 Å². The molecule has 0 aliphatic rings. The molecule has 39 heavy (non-hydrogen) atoms. The van der Waals surface area contributed by atoms with Gasteiger partial charge in [-0.05, 0) is 74.9 Å². The number of esters is 2. The van der Waals surface area contributed by atoms with E-state index in [0.717, 1.165) is 22.4 Å². The van der Waals surface area contributed by atoms with E-state index >= 15 is 0 Å². The van der Waals surface area contributed by atoms with Gasteiger partial charge >= 0.3 is 11.9 Å². The highest BCUT2D eigenvalue weighted by molar-refractivity contribution is 7.80.